The standard InChI is InChI=1S/C17H18ClF3N4O/c18-12-2-3-13-10(6-12)5-11(16(26)24-13)8-23-14-4-1-9(7-22)15(25-14)17(19,20)21/h1,4,10-13H,2-3,5-6,8H2,(H,23,25)(H,24,26). The summed E-state index contributed by atoms with van der Waals surface area (Å²) in [5, 5.41) is 14.7. The number of halogens is 4. The van der Waals surface area contributed by atoms with Gasteiger partial charge in [-0.05, 0) is 43.7 Å². The summed E-state index contributed by atoms with van der Waals surface area (Å²) >= 11 is 6.21. The van der Waals surface area contributed by atoms with Gasteiger partial charge in [0, 0.05) is 18.0 Å². The number of nitrogens with one attached hydrogen (secondary N) is 2. The number of anilines is 1. The highest BCUT2D eigenvalue weighted by atomic mass is 35.5. The van der Waals surface area contributed by atoms with Gasteiger partial charge in [0.1, 0.15) is 11.9 Å². The second kappa shape index (κ2) is 7.31. The molecular formula is C17H18ClF3N4O. The van der Waals surface area contributed by atoms with Crippen LogP contribution in [0.5, 0.6) is 0 Å². The van der Waals surface area contributed by atoms with E-state index < -0.39 is 17.4 Å². The van der Waals surface area contributed by atoms with Gasteiger partial charge in [-0.3, -0.25) is 4.79 Å². The number of nitrogens with zero attached hydrogens (tertiary/aromatic N) is 2. The van der Waals surface area contributed by atoms with Crippen LogP contribution >= 0.6 is 11.6 Å². The van der Waals surface area contributed by atoms with E-state index in [0.29, 0.717) is 6.42 Å². The number of nitriles is 1. The molecule has 1 aromatic heterocycles. The first-order chi connectivity index (χ1) is 12.3. The van der Waals surface area contributed by atoms with E-state index in [0.717, 1.165) is 25.3 Å². The summed E-state index contributed by atoms with van der Waals surface area (Å²) in [7, 11) is 0. The molecule has 0 aromatic carbocycles. The van der Waals surface area contributed by atoms with Crippen molar-refractivity contribution >= 4 is 23.3 Å². The number of alkyl halides is 4. The Hall–Kier alpha value is -2.01. The molecule has 1 aromatic rings. The van der Waals surface area contributed by atoms with Crippen LogP contribution in [0, 0.1) is 23.2 Å². The molecule has 1 aliphatic heterocycles. The first-order valence-electron chi connectivity index (χ1n) is 8.44. The number of hydrogen-bond donors (Lipinski definition) is 2. The zero-order valence-corrected chi connectivity index (χ0v) is 14.6. The van der Waals surface area contributed by atoms with Gasteiger partial charge in [-0.15, -0.1) is 11.6 Å². The Balaban J connectivity index is 1.67. The summed E-state index contributed by atoms with van der Waals surface area (Å²) in [6.45, 7) is 0.179. The summed E-state index contributed by atoms with van der Waals surface area (Å²) in [4.78, 5) is 15.8. The van der Waals surface area contributed by atoms with Gasteiger partial charge in [-0.1, -0.05) is 0 Å². The molecule has 5 nitrogen and oxygen atoms in total. The topological polar surface area (TPSA) is 77.8 Å². The smallest absolute Gasteiger partial charge is 0.369 e. The first-order valence-corrected chi connectivity index (χ1v) is 8.88. The molecule has 0 bridgehead atoms. The normalized spacial score (nSPS) is 28.7. The lowest BCUT2D eigenvalue weighted by Crippen LogP contribution is -2.53. The van der Waals surface area contributed by atoms with Crippen molar-refractivity contribution in [3.63, 3.8) is 0 Å². The minimum Gasteiger partial charge on any atom is -0.369 e. The lowest BCUT2D eigenvalue weighted by atomic mass is 9.75. The lowest BCUT2D eigenvalue weighted by Gasteiger charge is -2.41. The minimum atomic E-state index is -4.71. The van der Waals surface area contributed by atoms with E-state index in [9.17, 15) is 18.0 Å². The van der Waals surface area contributed by atoms with Crippen LogP contribution < -0.4 is 10.6 Å². The molecular weight excluding hydrogens is 369 g/mol. The quantitative estimate of drug-likeness (QED) is 0.781. The van der Waals surface area contributed by atoms with E-state index in [1.165, 1.54) is 12.1 Å². The molecule has 26 heavy (non-hydrogen) atoms. The van der Waals surface area contributed by atoms with Crippen LogP contribution in [0.15, 0.2) is 12.1 Å². The summed E-state index contributed by atoms with van der Waals surface area (Å²) in [5.41, 5.74) is -1.76. The summed E-state index contributed by atoms with van der Waals surface area (Å²) in [6.07, 6.45) is -1.50. The molecule has 4 atom stereocenters. The van der Waals surface area contributed by atoms with E-state index in [1.54, 1.807) is 0 Å². The Kier molecular flexibility index (Phi) is 5.28. The fraction of sp³-hybridized carbons (Fsp3) is 0.588. The van der Waals surface area contributed by atoms with Gasteiger partial charge in [0.2, 0.25) is 5.91 Å². The highest BCUT2D eigenvalue weighted by molar-refractivity contribution is 6.20. The Morgan fingerprint density at radius 1 is 1.35 bits per heavy atom. The van der Waals surface area contributed by atoms with Crippen molar-refractivity contribution in [1.29, 1.82) is 5.26 Å². The predicted molar refractivity (Wildman–Crippen MR) is 89.5 cm³/mol. The Morgan fingerprint density at radius 2 is 2.12 bits per heavy atom. The fourth-order valence-corrected chi connectivity index (χ4v) is 4.05. The zero-order valence-electron chi connectivity index (χ0n) is 13.8. The summed E-state index contributed by atoms with van der Waals surface area (Å²) in [5.74, 6) is -0.179. The van der Waals surface area contributed by atoms with Gasteiger partial charge in [-0.2, -0.15) is 18.4 Å². The van der Waals surface area contributed by atoms with E-state index >= 15 is 0 Å². The molecule has 2 heterocycles. The highest BCUT2D eigenvalue weighted by Crippen LogP contribution is 2.36. The number of piperidine rings is 1. The lowest BCUT2D eigenvalue weighted by molar-refractivity contribution is -0.141. The second-order valence-corrected chi connectivity index (χ2v) is 7.42. The number of rotatable bonds is 3. The number of pyridine rings is 1. The fourth-order valence-electron chi connectivity index (χ4n) is 3.70. The maximum absolute atomic E-state index is 13.0. The number of amides is 1. The van der Waals surface area contributed by atoms with Crippen LogP contribution in [0.3, 0.4) is 0 Å². The number of carbonyl (C=O) groups excluding carboxylic acids is 1. The van der Waals surface area contributed by atoms with Crippen molar-refractivity contribution in [3.05, 3.63) is 23.4 Å². The molecule has 2 fully saturated rings. The monoisotopic (exact) mass is 386 g/mol. The average molecular weight is 387 g/mol. The van der Waals surface area contributed by atoms with Crippen molar-refractivity contribution < 1.29 is 18.0 Å². The van der Waals surface area contributed by atoms with E-state index in [1.807, 2.05) is 0 Å². The Morgan fingerprint density at radius 3 is 2.81 bits per heavy atom. The van der Waals surface area contributed by atoms with Crippen LogP contribution in [0.2, 0.25) is 0 Å². The SMILES string of the molecule is N#Cc1ccc(NCC2CC3CC(Cl)CCC3NC2=O)nc1C(F)(F)F. The molecule has 2 N–H and O–H groups in total. The average Bonchev–Trinajstić information content (AvgIpc) is 2.59. The number of carbonyl (C=O) groups is 1. The molecule has 0 radical (unpaired) electrons. The predicted octanol–water partition coefficient (Wildman–Crippen LogP) is 3.30. The van der Waals surface area contributed by atoms with E-state index in [4.69, 9.17) is 16.9 Å². The molecule has 1 saturated carbocycles. The van der Waals surface area contributed by atoms with Crippen molar-refractivity contribution in [1.82, 2.24) is 10.3 Å². The molecule has 1 saturated heterocycles. The minimum absolute atomic E-state index is 0.00916. The van der Waals surface area contributed by atoms with Crippen molar-refractivity contribution in [2.45, 2.75) is 43.3 Å². The maximum Gasteiger partial charge on any atom is 0.434 e. The zero-order chi connectivity index (χ0) is 18.9. The van der Waals surface area contributed by atoms with Gasteiger partial charge in [0.05, 0.1) is 11.5 Å². The van der Waals surface area contributed by atoms with Crippen LogP contribution in [0.25, 0.3) is 0 Å². The van der Waals surface area contributed by atoms with Crippen LogP contribution in [-0.2, 0) is 11.0 Å². The Labute approximate surface area is 153 Å². The third-order valence-electron chi connectivity index (χ3n) is 5.02. The van der Waals surface area contributed by atoms with Gasteiger partial charge >= 0.3 is 6.18 Å². The Bertz CT molecular complexity index is 734. The number of fused-ring (bicyclic) bond motifs is 1. The van der Waals surface area contributed by atoms with Crippen molar-refractivity contribution in [2.24, 2.45) is 11.8 Å². The third kappa shape index (κ3) is 4.04. The van der Waals surface area contributed by atoms with Crippen molar-refractivity contribution in [3.8, 4) is 6.07 Å². The number of hydrogen-bond acceptors (Lipinski definition) is 4. The third-order valence-corrected chi connectivity index (χ3v) is 5.41. The second-order valence-electron chi connectivity index (χ2n) is 6.80. The molecule has 4 unspecified atom stereocenters. The maximum atomic E-state index is 13.0. The van der Waals surface area contributed by atoms with E-state index in [-0.39, 0.29) is 41.5 Å². The number of aromatic nitrogens is 1. The highest BCUT2D eigenvalue weighted by Gasteiger charge is 2.39. The largest absolute Gasteiger partial charge is 0.434 e. The van der Waals surface area contributed by atoms with Gasteiger partial charge in [0.25, 0.3) is 0 Å². The molecule has 1 aliphatic carbocycles. The molecule has 2 aliphatic rings. The molecule has 0 spiro atoms. The molecule has 1 amide bonds. The van der Waals surface area contributed by atoms with Gasteiger partial charge in [-0.25, -0.2) is 4.98 Å². The summed E-state index contributed by atoms with van der Waals surface area (Å²) in [6, 6.07) is 4.02. The summed E-state index contributed by atoms with van der Waals surface area (Å²) < 4.78 is 38.9. The van der Waals surface area contributed by atoms with Crippen LogP contribution in [-0.4, -0.2) is 28.9 Å². The van der Waals surface area contributed by atoms with E-state index in [2.05, 4.69) is 15.6 Å². The van der Waals surface area contributed by atoms with Gasteiger partial charge in [0.15, 0.2) is 5.69 Å². The van der Waals surface area contributed by atoms with Crippen molar-refractivity contribution in [2.75, 3.05) is 11.9 Å². The molecule has 140 valence electrons. The van der Waals surface area contributed by atoms with Crippen LogP contribution in [0.4, 0.5) is 19.0 Å². The molecule has 9 heteroatoms. The first kappa shape index (κ1) is 18.8. The van der Waals surface area contributed by atoms with Crippen LogP contribution in [0.1, 0.15) is 36.9 Å². The van der Waals surface area contributed by atoms with Gasteiger partial charge < -0.3 is 10.6 Å². The molecule has 3 rings (SSSR count).